The highest BCUT2D eigenvalue weighted by atomic mass is 32.1. The topological polar surface area (TPSA) is 17.1 Å². The minimum absolute atomic E-state index is 0.127. The van der Waals surface area contributed by atoms with E-state index in [-0.39, 0.29) is 5.78 Å². The fourth-order valence-electron chi connectivity index (χ4n) is 2.22. The average molecular weight is 266 g/mol. The van der Waals surface area contributed by atoms with Gasteiger partial charge in [0.25, 0.3) is 0 Å². The number of ketones is 1. The summed E-state index contributed by atoms with van der Waals surface area (Å²) >= 11 is 1.57. The van der Waals surface area contributed by atoms with Crippen molar-refractivity contribution in [2.75, 3.05) is 0 Å². The number of hydrogen-bond acceptors (Lipinski definition) is 2. The van der Waals surface area contributed by atoms with E-state index in [4.69, 9.17) is 0 Å². The summed E-state index contributed by atoms with van der Waals surface area (Å²) in [6, 6.07) is 16.0. The van der Waals surface area contributed by atoms with Gasteiger partial charge in [0.2, 0.25) is 5.78 Å². The van der Waals surface area contributed by atoms with Crippen molar-refractivity contribution in [3.63, 3.8) is 0 Å². The smallest absolute Gasteiger partial charge is 0.203 e. The normalized spacial score (nSPS) is 10.8. The maximum absolute atomic E-state index is 12.6. The van der Waals surface area contributed by atoms with E-state index >= 15 is 0 Å². The quantitative estimate of drug-likeness (QED) is 0.612. The van der Waals surface area contributed by atoms with Crippen LogP contribution < -0.4 is 0 Å². The Balaban J connectivity index is 2.11. The molecule has 1 aromatic heterocycles. The standard InChI is InChI=1S/C17H14OS/c1-11-6-5-8-14(12(11)2)17(18)16-10-13-7-3-4-9-15(13)19-16/h3-10H,1-2H3. The largest absolute Gasteiger partial charge is 0.288 e. The molecule has 0 radical (unpaired) electrons. The molecule has 94 valence electrons. The highest BCUT2D eigenvalue weighted by molar-refractivity contribution is 7.21. The first-order valence-electron chi connectivity index (χ1n) is 6.26. The zero-order valence-electron chi connectivity index (χ0n) is 10.9. The fraction of sp³-hybridized carbons (Fsp3) is 0.118. The molecule has 0 aliphatic rings. The monoisotopic (exact) mass is 266 g/mol. The van der Waals surface area contributed by atoms with E-state index in [0.29, 0.717) is 0 Å². The lowest BCUT2D eigenvalue weighted by Crippen LogP contribution is -2.02. The van der Waals surface area contributed by atoms with Crippen LogP contribution >= 0.6 is 11.3 Å². The van der Waals surface area contributed by atoms with Crippen LogP contribution in [0.1, 0.15) is 26.4 Å². The number of thiophene rings is 1. The second kappa shape index (κ2) is 4.63. The summed E-state index contributed by atoms with van der Waals surface area (Å²) in [7, 11) is 0. The Bertz CT molecular complexity index is 735. The zero-order valence-corrected chi connectivity index (χ0v) is 11.8. The summed E-state index contributed by atoms with van der Waals surface area (Å²) in [4.78, 5) is 13.4. The van der Waals surface area contributed by atoms with Crippen molar-refractivity contribution in [2.45, 2.75) is 13.8 Å². The predicted molar refractivity (Wildman–Crippen MR) is 81.2 cm³/mol. The number of rotatable bonds is 2. The van der Waals surface area contributed by atoms with Gasteiger partial charge in [0, 0.05) is 10.3 Å². The molecule has 19 heavy (non-hydrogen) atoms. The van der Waals surface area contributed by atoms with Crippen LogP contribution in [0.15, 0.2) is 48.5 Å². The third-order valence-corrected chi connectivity index (χ3v) is 4.61. The van der Waals surface area contributed by atoms with Crippen LogP contribution in [0.4, 0.5) is 0 Å². The van der Waals surface area contributed by atoms with Gasteiger partial charge in [-0.05, 0) is 42.5 Å². The van der Waals surface area contributed by atoms with Gasteiger partial charge < -0.3 is 0 Å². The molecule has 0 unspecified atom stereocenters. The highest BCUT2D eigenvalue weighted by Crippen LogP contribution is 2.28. The first-order valence-corrected chi connectivity index (χ1v) is 7.08. The molecular weight excluding hydrogens is 252 g/mol. The van der Waals surface area contributed by atoms with Crippen LogP contribution in [0, 0.1) is 13.8 Å². The molecule has 1 nitrogen and oxygen atoms in total. The van der Waals surface area contributed by atoms with Crippen LogP contribution in [-0.4, -0.2) is 5.78 Å². The molecule has 2 heteroatoms. The third kappa shape index (κ3) is 2.08. The molecule has 0 fully saturated rings. The summed E-state index contributed by atoms with van der Waals surface area (Å²) < 4.78 is 1.16. The van der Waals surface area contributed by atoms with E-state index in [1.165, 1.54) is 0 Å². The van der Waals surface area contributed by atoms with Gasteiger partial charge in [-0.25, -0.2) is 0 Å². The Labute approximate surface area is 116 Å². The second-order valence-electron chi connectivity index (χ2n) is 4.73. The maximum atomic E-state index is 12.6. The van der Waals surface area contributed by atoms with Gasteiger partial charge >= 0.3 is 0 Å². The molecule has 0 saturated carbocycles. The predicted octanol–water partition coefficient (Wildman–Crippen LogP) is 4.75. The second-order valence-corrected chi connectivity index (χ2v) is 5.81. The van der Waals surface area contributed by atoms with Crippen LogP contribution in [0.2, 0.25) is 0 Å². The van der Waals surface area contributed by atoms with Crippen LogP contribution in [-0.2, 0) is 0 Å². The van der Waals surface area contributed by atoms with E-state index in [0.717, 1.165) is 31.7 Å². The number of fused-ring (bicyclic) bond motifs is 1. The number of aryl methyl sites for hydroxylation is 1. The van der Waals surface area contributed by atoms with Crippen molar-refractivity contribution in [1.82, 2.24) is 0 Å². The van der Waals surface area contributed by atoms with Crippen molar-refractivity contribution >= 4 is 27.2 Å². The Hall–Kier alpha value is -1.93. The van der Waals surface area contributed by atoms with Crippen molar-refractivity contribution in [3.8, 4) is 0 Å². The van der Waals surface area contributed by atoms with E-state index < -0.39 is 0 Å². The van der Waals surface area contributed by atoms with Gasteiger partial charge in [-0.15, -0.1) is 11.3 Å². The SMILES string of the molecule is Cc1cccc(C(=O)c2cc3ccccc3s2)c1C. The van der Waals surface area contributed by atoms with E-state index in [9.17, 15) is 4.79 Å². The first kappa shape index (κ1) is 12.1. The minimum Gasteiger partial charge on any atom is -0.288 e. The van der Waals surface area contributed by atoms with E-state index in [1.54, 1.807) is 11.3 Å². The molecule has 0 atom stereocenters. The van der Waals surface area contributed by atoms with Crippen LogP contribution in [0.5, 0.6) is 0 Å². The molecule has 0 saturated heterocycles. The highest BCUT2D eigenvalue weighted by Gasteiger charge is 2.15. The Morgan fingerprint density at radius 1 is 1.00 bits per heavy atom. The number of carbonyl (C=O) groups excluding carboxylic acids is 1. The van der Waals surface area contributed by atoms with Gasteiger partial charge in [-0.2, -0.15) is 0 Å². The number of benzene rings is 2. The first-order chi connectivity index (χ1) is 9.16. The summed E-state index contributed by atoms with van der Waals surface area (Å²) in [5.74, 6) is 0.127. The molecule has 2 aromatic carbocycles. The van der Waals surface area contributed by atoms with Gasteiger partial charge in [0.15, 0.2) is 0 Å². The average Bonchev–Trinajstić information content (AvgIpc) is 2.85. The zero-order chi connectivity index (χ0) is 13.4. The fourth-order valence-corrected chi connectivity index (χ4v) is 3.24. The lowest BCUT2D eigenvalue weighted by molar-refractivity contribution is 0.104. The number of hydrogen-bond donors (Lipinski definition) is 0. The molecule has 0 spiro atoms. The van der Waals surface area contributed by atoms with Crippen molar-refractivity contribution in [1.29, 1.82) is 0 Å². The molecule has 3 rings (SSSR count). The van der Waals surface area contributed by atoms with Crippen molar-refractivity contribution in [3.05, 3.63) is 70.1 Å². The Morgan fingerprint density at radius 2 is 1.79 bits per heavy atom. The van der Waals surface area contributed by atoms with Gasteiger partial charge in [0.1, 0.15) is 0 Å². The Kier molecular flexibility index (Phi) is 2.96. The van der Waals surface area contributed by atoms with Crippen molar-refractivity contribution in [2.24, 2.45) is 0 Å². The number of carbonyl (C=O) groups is 1. The van der Waals surface area contributed by atoms with E-state index in [1.807, 2.05) is 56.3 Å². The molecule has 0 amide bonds. The maximum Gasteiger partial charge on any atom is 0.203 e. The molecule has 0 aliphatic carbocycles. The molecule has 1 heterocycles. The van der Waals surface area contributed by atoms with Gasteiger partial charge in [-0.1, -0.05) is 36.4 Å². The van der Waals surface area contributed by atoms with Gasteiger partial charge in [-0.3, -0.25) is 4.79 Å². The van der Waals surface area contributed by atoms with Crippen LogP contribution in [0.3, 0.4) is 0 Å². The molecular formula is C17H14OS. The van der Waals surface area contributed by atoms with E-state index in [2.05, 4.69) is 6.07 Å². The van der Waals surface area contributed by atoms with Crippen LogP contribution in [0.25, 0.3) is 10.1 Å². The third-order valence-electron chi connectivity index (χ3n) is 3.50. The molecule has 3 aromatic rings. The lowest BCUT2D eigenvalue weighted by atomic mass is 9.99. The lowest BCUT2D eigenvalue weighted by Gasteiger charge is -2.05. The Morgan fingerprint density at radius 3 is 2.58 bits per heavy atom. The summed E-state index contributed by atoms with van der Waals surface area (Å²) in [6.07, 6.45) is 0. The van der Waals surface area contributed by atoms with Crippen molar-refractivity contribution < 1.29 is 4.79 Å². The summed E-state index contributed by atoms with van der Waals surface area (Å²) in [6.45, 7) is 4.05. The summed E-state index contributed by atoms with van der Waals surface area (Å²) in [5.41, 5.74) is 3.04. The summed E-state index contributed by atoms with van der Waals surface area (Å²) in [5, 5.41) is 1.14. The molecule has 0 bridgehead atoms. The molecule has 0 N–H and O–H groups in total. The molecule has 0 aliphatic heterocycles. The minimum atomic E-state index is 0.127. The van der Waals surface area contributed by atoms with Gasteiger partial charge in [0.05, 0.1) is 4.88 Å².